The third kappa shape index (κ3) is 2.94. The number of rotatable bonds is 2. The summed E-state index contributed by atoms with van der Waals surface area (Å²) in [6, 6.07) is 0. The van der Waals surface area contributed by atoms with E-state index in [0.29, 0.717) is 6.42 Å². The van der Waals surface area contributed by atoms with Gasteiger partial charge in [-0.2, -0.15) is 0 Å². The number of Topliss-reactive ketones (excluding diaryl/α,β-unsaturated/α-hetero) is 1. The normalized spacial score (nSPS) is 23.9. The van der Waals surface area contributed by atoms with E-state index < -0.39 is 0 Å². The van der Waals surface area contributed by atoms with E-state index in [-0.39, 0.29) is 17.4 Å². The van der Waals surface area contributed by atoms with Crippen LogP contribution in [0.5, 0.6) is 0 Å². The molecule has 1 heterocycles. The number of ketones is 1. The van der Waals surface area contributed by atoms with Crippen LogP contribution >= 0.6 is 0 Å². The molecule has 0 saturated carbocycles. The first-order valence-corrected chi connectivity index (χ1v) is 3.40. The zero-order valence-corrected chi connectivity index (χ0v) is 6.22. The van der Waals surface area contributed by atoms with Crippen molar-refractivity contribution in [2.24, 2.45) is 0 Å². The SMILES string of the molecule is CC(=O)CC1CCCO1.O. The Bertz CT molecular complexity index is 105. The van der Waals surface area contributed by atoms with Crippen LogP contribution in [0.1, 0.15) is 26.2 Å². The van der Waals surface area contributed by atoms with Gasteiger partial charge in [-0.25, -0.2) is 0 Å². The second-order valence-electron chi connectivity index (χ2n) is 2.54. The highest BCUT2D eigenvalue weighted by molar-refractivity contribution is 5.75. The molecule has 1 atom stereocenters. The first kappa shape index (κ1) is 9.59. The molecule has 2 N–H and O–H groups in total. The smallest absolute Gasteiger partial charge is 0.132 e. The van der Waals surface area contributed by atoms with Gasteiger partial charge in [0.2, 0.25) is 0 Å². The van der Waals surface area contributed by atoms with Gasteiger partial charge >= 0.3 is 0 Å². The Labute approximate surface area is 60.7 Å². The highest BCUT2D eigenvalue weighted by atomic mass is 16.5. The van der Waals surface area contributed by atoms with Crippen molar-refractivity contribution in [2.75, 3.05) is 6.61 Å². The monoisotopic (exact) mass is 146 g/mol. The average Bonchev–Trinajstić information content (AvgIpc) is 2.15. The van der Waals surface area contributed by atoms with Crippen LogP contribution in [0.3, 0.4) is 0 Å². The fraction of sp³-hybridized carbons (Fsp3) is 0.857. The Morgan fingerprint density at radius 1 is 1.70 bits per heavy atom. The minimum Gasteiger partial charge on any atom is -0.412 e. The molecule has 0 bridgehead atoms. The Balaban J connectivity index is 0.000000810. The Kier molecular flexibility index (Phi) is 4.23. The van der Waals surface area contributed by atoms with Gasteiger partial charge in [-0.05, 0) is 19.8 Å². The molecule has 0 radical (unpaired) electrons. The molecule has 0 aliphatic carbocycles. The zero-order valence-electron chi connectivity index (χ0n) is 6.22. The quantitative estimate of drug-likeness (QED) is 0.563. The van der Waals surface area contributed by atoms with E-state index in [1.165, 1.54) is 0 Å². The van der Waals surface area contributed by atoms with Crippen LogP contribution in [0.2, 0.25) is 0 Å². The van der Waals surface area contributed by atoms with Crippen LogP contribution in [0.25, 0.3) is 0 Å². The lowest BCUT2D eigenvalue weighted by atomic mass is 10.1. The first-order chi connectivity index (χ1) is 4.29. The second kappa shape index (κ2) is 4.41. The molecule has 1 saturated heterocycles. The van der Waals surface area contributed by atoms with Crippen LogP contribution in [0, 0.1) is 0 Å². The summed E-state index contributed by atoms with van der Waals surface area (Å²) >= 11 is 0. The molecule has 3 heteroatoms. The van der Waals surface area contributed by atoms with Crippen LogP contribution in [-0.2, 0) is 9.53 Å². The summed E-state index contributed by atoms with van der Waals surface area (Å²) in [4.78, 5) is 10.5. The van der Waals surface area contributed by atoms with Gasteiger partial charge in [0.25, 0.3) is 0 Å². The van der Waals surface area contributed by atoms with E-state index in [4.69, 9.17) is 4.74 Å². The molecule has 0 amide bonds. The molecule has 1 aliphatic heterocycles. The third-order valence-electron chi connectivity index (χ3n) is 1.54. The third-order valence-corrected chi connectivity index (χ3v) is 1.54. The summed E-state index contributed by atoms with van der Waals surface area (Å²) in [7, 11) is 0. The summed E-state index contributed by atoms with van der Waals surface area (Å²) < 4.78 is 5.24. The maximum atomic E-state index is 10.5. The second-order valence-corrected chi connectivity index (χ2v) is 2.54. The van der Waals surface area contributed by atoms with Gasteiger partial charge in [0.05, 0.1) is 6.10 Å². The van der Waals surface area contributed by atoms with Crippen LogP contribution < -0.4 is 0 Å². The summed E-state index contributed by atoms with van der Waals surface area (Å²) in [5, 5.41) is 0. The highest BCUT2D eigenvalue weighted by Crippen LogP contribution is 2.14. The Hall–Kier alpha value is -0.410. The molecule has 60 valence electrons. The van der Waals surface area contributed by atoms with Gasteiger partial charge in [-0.15, -0.1) is 0 Å². The summed E-state index contributed by atoms with van der Waals surface area (Å²) in [5.74, 6) is 0.238. The zero-order chi connectivity index (χ0) is 6.69. The maximum Gasteiger partial charge on any atom is 0.132 e. The van der Waals surface area contributed by atoms with Crippen molar-refractivity contribution in [1.82, 2.24) is 0 Å². The molecule has 1 fully saturated rings. The average molecular weight is 146 g/mol. The van der Waals surface area contributed by atoms with Gasteiger partial charge in [0.1, 0.15) is 5.78 Å². The fourth-order valence-corrected chi connectivity index (χ4v) is 1.13. The number of carbonyl (C=O) groups is 1. The van der Waals surface area contributed by atoms with Gasteiger partial charge in [0.15, 0.2) is 0 Å². The number of hydrogen-bond donors (Lipinski definition) is 0. The molecule has 1 rings (SSSR count). The van der Waals surface area contributed by atoms with E-state index >= 15 is 0 Å². The minimum atomic E-state index is 0. The lowest BCUT2D eigenvalue weighted by Gasteiger charge is -2.03. The maximum absolute atomic E-state index is 10.5. The first-order valence-electron chi connectivity index (χ1n) is 3.40. The van der Waals surface area contributed by atoms with Crippen LogP contribution in [0.4, 0.5) is 0 Å². The summed E-state index contributed by atoms with van der Waals surface area (Å²) in [5.41, 5.74) is 0. The van der Waals surface area contributed by atoms with E-state index in [1.54, 1.807) is 6.92 Å². The highest BCUT2D eigenvalue weighted by Gasteiger charge is 2.16. The van der Waals surface area contributed by atoms with Gasteiger partial charge < -0.3 is 10.2 Å². The van der Waals surface area contributed by atoms with E-state index in [9.17, 15) is 4.79 Å². The Morgan fingerprint density at radius 2 is 2.40 bits per heavy atom. The van der Waals surface area contributed by atoms with E-state index in [0.717, 1.165) is 19.4 Å². The van der Waals surface area contributed by atoms with E-state index in [2.05, 4.69) is 0 Å². The topological polar surface area (TPSA) is 57.8 Å². The van der Waals surface area contributed by atoms with Crippen molar-refractivity contribution in [2.45, 2.75) is 32.3 Å². The standard InChI is InChI=1S/C7H12O2.H2O/c1-6(8)5-7-3-2-4-9-7;/h7H,2-5H2,1H3;1H2. The van der Waals surface area contributed by atoms with Crippen molar-refractivity contribution in [1.29, 1.82) is 0 Å². The van der Waals surface area contributed by atoms with Gasteiger partial charge in [-0.1, -0.05) is 0 Å². The van der Waals surface area contributed by atoms with Crippen LogP contribution in [-0.4, -0.2) is 24.0 Å². The molecule has 0 aromatic rings. The van der Waals surface area contributed by atoms with Crippen molar-refractivity contribution in [3.63, 3.8) is 0 Å². The molecule has 1 aliphatic rings. The molecular formula is C7H14O3. The molecule has 1 unspecified atom stereocenters. The number of ether oxygens (including phenoxy) is 1. The molecule has 10 heavy (non-hydrogen) atoms. The van der Waals surface area contributed by atoms with Crippen molar-refractivity contribution in [3.05, 3.63) is 0 Å². The summed E-state index contributed by atoms with van der Waals surface area (Å²) in [6.07, 6.45) is 3.04. The lowest BCUT2D eigenvalue weighted by Crippen LogP contribution is -2.09. The Morgan fingerprint density at radius 3 is 2.80 bits per heavy atom. The molecular weight excluding hydrogens is 132 g/mol. The van der Waals surface area contributed by atoms with E-state index in [1.807, 2.05) is 0 Å². The van der Waals surface area contributed by atoms with Crippen LogP contribution in [0.15, 0.2) is 0 Å². The predicted octanol–water partition coefficient (Wildman–Crippen LogP) is 0.320. The predicted molar refractivity (Wildman–Crippen MR) is 37.9 cm³/mol. The molecule has 0 aromatic heterocycles. The number of carbonyl (C=O) groups excluding carboxylic acids is 1. The lowest BCUT2D eigenvalue weighted by molar-refractivity contribution is -0.119. The molecule has 0 spiro atoms. The summed E-state index contributed by atoms with van der Waals surface area (Å²) in [6.45, 7) is 2.46. The largest absolute Gasteiger partial charge is 0.412 e. The minimum absolute atomic E-state index is 0. The van der Waals surface area contributed by atoms with Gasteiger partial charge in [0, 0.05) is 13.0 Å². The van der Waals surface area contributed by atoms with Crippen molar-refractivity contribution < 1.29 is 15.0 Å². The molecule has 0 aromatic carbocycles. The van der Waals surface area contributed by atoms with Crippen molar-refractivity contribution in [3.8, 4) is 0 Å². The van der Waals surface area contributed by atoms with Crippen molar-refractivity contribution >= 4 is 5.78 Å². The number of hydrogen-bond acceptors (Lipinski definition) is 2. The van der Waals surface area contributed by atoms with Gasteiger partial charge in [-0.3, -0.25) is 4.79 Å². The molecule has 3 nitrogen and oxygen atoms in total. The fourth-order valence-electron chi connectivity index (χ4n) is 1.13.